The van der Waals surface area contributed by atoms with E-state index in [-0.39, 0.29) is 11.3 Å². The van der Waals surface area contributed by atoms with Crippen molar-refractivity contribution in [1.29, 1.82) is 0 Å². The molecule has 1 heterocycles. The Morgan fingerprint density at radius 1 is 1.39 bits per heavy atom. The zero-order chi connectivity index (χ0) is 12.6. The SMILES string of the molecule is Cc1cccc(NC(=O)C23CCCC(CC2)C3)n1. The molecule has 3 rings (SSSR count). The fraction of sp³-hybridized carbons (Fsp3) is 0.600. The number of anilines is 1. The van der Waals surface area contributed by atoms with Gasteiger partial charge in [-0.05, 0) is 50.7 Å². The molecule has 1 amide bonds. The fourth-order valence-electron chi connectivity index (χ4n) is 3.62. The molecule has 2 bridgehead atoms. The molecule has 2 saturated carbocycles. The van der Waals surface area contributed by atoms with Crippen molar-refractivity contribution >= 4 is 11.7 Å². The second-order valence-electron chi connectivity index (χ2n) is 5.90. The maximum atomic E-state index is 12.5. The first-order valence-electron chi connectivity index (χ1n) is 6.93. The third-order valence-corrected chi connectivity index (χ3v) is 4.59. The number of hydrogen-bond donors (Lipinski definition) is 1. The molecular weight excluding hydrogens is 224 g/mol. The average Bonchev–Trinajstić information content (AvgIpc) is 2.66. The van der Waals surface area contributed by atoms with Gasteiger partial charge in [-0.3, -0.25) is 4.79 Å². The van der Waals surface area contributed by atoms with Crippen LogP contribution in [0.4, 0.5) is 5.82 Å². The van der Waals surface area contributed by atoms with E-state index >= 15 is 0 Å². The van der Waals surface area contributed by atoms with Gasteiger partial charge >= 0.3 is 0 Å². The lowest BCUT2D eigenvalue weighted by Gasteiger charge is -2.31. The second kappa shape index (κ2) is 4.38. The van der Waals surface area contributed by atoms with Crippen molar-refractivity contribution < 1.29 is 4.79 Å². The predicted molar refractivity (Wildman–Crippen MR) is 71.2 cm³/mol. The Morgan fingerprint density at radius 2 is 2.28 bits per heavy atom. The first-order valence-corrected chi connectivity index (χ1v) is 6.93. The van der Waals surface area contributed by atoms with Crippen LogP contribution in [-0.4, -0.2) is 10.9 Å². The van der Waals surface area contributed by atoms with Crippen molar-refractivity contribution in [1.82, 2.24) is 4.98 Å². The number of carbonyl (C=O) groups is 1. The summed E-state index contributed by atoms with van der Waals surface area (Å²) in [6.07, 6.45) is 6.97. The van der Waals surface area contributed by atoms with E-state index in [1.165, 1.54) is 19.3 Å². The van der Waals surface area contributed by atoms with Crippen molar-refractivity contribution in [3.63, 3.8) is 0 Å². The van der Waals surface area contributed by atoms with Crippen LogP contribution in [0.2, 0.25) is 0 Å². The molecule has 2 atom stereocenters. The topological polar surface area (TPSA) is 42.0 Å². The molecule has 2 unspecified atom stereocenters. The summed E-state index contributed by atoms with van der Waals surface area (Å²) in [5.74, 6) is 1.68. The highest BCUT2D eigenvalue weighted by Crippen LogP contribution is 2.51. The summed E-state index contributed by atoms with van der Waals surface area (Å²) in [6.45, 7) is 1.94. The molecule has 1 aromatic rings. The average molecular weight is 244 g/mol. The van der Waals surface area contributed by atoms with Crippen molar-refractivity contribution in [3.05, 3.63) is 23.9 Å². The zero-order valence-corrected chi connectivity index (χ0v) is 10.9. The smallest absolute Gasteiger partial charge is 0.231 e. The fourth-order valence-corrected chi connectivity index (χ4v) is 3.62. The Balaban J connectivity index is 1.75. The van der Waals surface area contributed by atoms with Gasteiger partial charge in [0.15, 0.2) is 0 Å². The number of pyridine rings is 1. The lowest BCUT2D eigenvalue weighted by atomic mass is 9.75. The minimum absolute atomic E-state index is 0.0889. The van der Waals surface area contributed by atoms with Crippen molar-refractivity contribution in [2.24, 2.45) is 11.3 Å². The number of aromatic nitrogens is 1. The van der Waals surface area contributed by atoms with Gasteiger partial charge in [-0.2, -0.15) is 0 Å². The van der Waals surface area contributed by atoms with Gasteiger partial charge in [-0.15, -0.1) is 0 Å². The first-order chi connectivity index (χ1) is 8.68. The van der Waals surface area contributed by atoms with Gasteiger partial charge in [0.1, 0.15) is 5.82 Å². The van der Waals surface area contributed by atoms with Gasteiger partial charge in [0.2, 0.25) is 5.91 Å². The molecule has 3 heteroatoms. The van der Waals surface area contributed by atoms with Crippen molar-refractivity contribution in [3.8, 4) is 0 Å². The molecule has 0 spiro atoms. The van der Waals surface area contributed by atoms with Crippen LogP contribution in [-0.2, 0) is 4.79 Å². The van der Waals surface area contributed by atoms with E-state index in [0.29, 0.717) is 5.82 Å². The molecule has 96 valence electrons. The highest BCUT2D eigenvalue weighted by molar-refractivity contribution is 5.94. The molecule has 2 aliphatic rings. The number of fused-ring (bicyclic) bond motifs is 2. The Bertz CT molecular complexity index is 467. The quantitative estimate of drug-likeness (QED) is 0.867. The van der Waals surface area contributed by atoms with E-state index in [2.05, 4.69) is 10.3 Å². The molecule has 0 saturated heterocycles. The minimum atomic E-state index is -0.0889. The standard InChI is InChI=1S/C15H20N2O/c1-11-4-2-6-13(16-11)17-14(18)15-8-3-5-12(10-15)7-9-15/h2,4,6,12H,3,5,7-10H2,1H3,(H,16,17,18). The molecular formula is C15H20N2O. The van der Waals surface area contributed by atoms with E-state index in [0.717, 1.165) is 30.9 Å². The summed E-state index contributed by atoms with van der Waals surface area (Å²) in [4.78, 5) is 16.9. The van der Waals surface area contributed by atoms with Gasteiger partial charge in [-0.25, -0.2) is 4.98 Å². The number of nitrogens with zero attached hydrogens (tertiary/aromatic N) is 1. The lowest BCUT2D eigenvalue weighted by Crippen LogP contribution is -2.36. The van der Waals surface area contributed by atoms with E-state index in [9.17, 15) is 4.79 Å². The molecule has 2 fully saturated rings. The van der Waals surface area contributed by atoms with Crippen LogP contribution < -0.4 is 5.32 Å². The third kappa shape index (κ3) is 2.02. The zero-order valence-electron chi connectivity index (χ0n) is 10.9. The number of carbonyl (C=O) groups excluding carboxylic acids is 1. The van der Waals surface area contributed by atoms with Gasteiger partial charge in [0.05, 0.1) is 0 Å². The largest absolute Gasteiger partial charge is 0.310 e. The molecule has 0 aliphatic heterocycles. The van der Waals surface area contributed by atoms with Crippen LogP contribution in [0.15, 0.2) is 18.2 Å². The normalized spacial score (nSPS) is 30.2. The molecule has 0 aromatic carbocycles. The van der Waals surface area contributed by atoms with E-state index in [4.69, 9.17) is 0 Å². The molecule has 18 heavy (non-hydrogen) atoms. The molecule has 1 aromatic heterocycles. The van der Waals surface area contributed by atoms with Gasteiger partial charge in [0.25, 0.3) is 0 Å². The third-order valence-electron chi connectivity index (χ3n) is 4.59. The van der Waals surface area contributed by atoms with Crippen LogP contribution in [0.5, 0.6) is 0 Å². The maximum absolute atomic E-state index is 12.5. The number of aryl methyl sites for hydroxylation is 1. The van der Waals surface area contributed by atoms with E-state index < -0.39 is 0 Å². The number of nitrogens with one attached hydrogen (secondary N) is 1. The highest BCUT2D eigenvalue weighted by Gasteiger charge is 2.47. The van der Waals surface area contributed by atoms with Crippen molar-refractivity contribution in [2.75, 3.05) is 5.32 Å². The molecule has 1 N–H and O–H groups in total. The number of rotatable bonds is 2. The maximum Gasteiger partial charge on any atom is 0.231 e. The Hall–Kier alpha value is -1.38. The summed E-state index contributed by atoms with van der Waals surface area (Å²) in [5, 5.41) is 3.02. The van der Waals surface area contributed by atoms with Crippen LogP contribution in [0, 0.1) is 18.3 Å². The summed E-state index contributed by atoms with van der Waals surface area (Å²) < 4.78 is 0. The Morgan fingerprint density at radius 3 is 3.11 bits per heavy atom. The Labute approximate surface area is 108 Å². The molecule has 0 radical (unpaired) electrons. The number of amides is 1. The van der Waals surface area contributed by atoms with Gasteiger partial charge in [0, 0.05) is 11.1 Å². The minimum Gasteiger partial charge on any atom is -0.310 e. The monoisotopic (exact) mass is 244 g/mol. The summed E-state index contributed by atoms with van der Waals surface area (Å²) >= 11 is 0. The second-order valence-corrected chi connectivity index (χ2v) is 5.90. The van der Waals surface area contributed by atoms with E-state index in [1.807, 2.05) is 25.1 Å². The number of hydrogen-bond acceptors (Lipinski definition) is 2. The van der Waals surface area contributed by atoms with Crippen LogP contribution in [0.3, 0.4) is 0 Å². The predicted octanol–water partition coefficient (Wildman–Crippen LogP) is 3.30. The molecule has 3 nitrogen and oxygen atoms in total. The van der Waals surface area contributed by atoms with Crippen molar-refractivity contribution in [2.45, 2.75) is 45.4 Å². The van der Waals surface area contributed by atoms with E-state index in [1.54, 1.807) is 0 Å². The van der Waals surface area contributed by atoms with Gasteiger partial charge in [-0.1, -0.05) is 18.9 Å². The van der Waals surface area contributed by atoms with Gasteiger partial charge < -0.3 is 5.32 Å². The van der Waals surface area contributed by atoms with Crippen LogP contribution in [0.25, 0.3) is 0 Å². The molecule has 2 aliphatic carbocycles. The van der Waals surface area contributed by atoms with Crippen LogP contribution >= 0.6 is 0 Å². The lowest BCUT2D eigenvalue weighted by molar-refractivity contribution is -0.126. The summed E-state index contributed by atoms with van der Waals surface area (Å²) in [5.41, 5.74) is 0.854. The summed E-state index contributed by atoms with van der Waals surface area (Å²) in [7, 11) is 0. The van der Waals surface area contributed by atoms with Crippen LogP contribution in [0.1, 0.15) is 44.2 Å². The highest BCUT2D eigenvalue weighted by atomic mass is 16.2. The first kappa shape index (κ1) is 11.7. The summed E-state index contributed by atoms with van der Waals surface area (Å²) in [6, 6.07) is 5.75. The Kier molecular flexibility index (Phi) is 2.84.